The molecule has 1 aliphatic heterocycles. The van der Waals surface area contributed by atoms with Crippen LogP contribution in [0.3, 0.4) is 0 Å². The molecule has 1 aliphatic carbocycles. The summed E-state index contributed by atoms with van der Waals surface area (Å²) >= 11 is 0. The van der Waals surface area contributed by atoms with Crippen molar-refractivity contribution in [1.29, 1.82) is 0 Å². The van der Waals surface area contributed by atoms with E-state index in [1.807, 2.05) is 47.3 Å². The molecule has 0 spiro atoms. The van der Waals surface area contributed by atoms with E-state index in [0.717, 1.165) is 30.9 Å². The van der Waals surface area contributed by atoms with Gasteiger partial charge in [0, 0.05) is 44.6 Å². The number of benzene rings is 1. The molecule has 1 fully saturated rings. The molecule has 0 atom stereocenters. The van der Waals surface area contributed by atoms with Crippen LogP contribution in [0.1, 0.15) is 24.0 Å². The lowest BCUT2D eigenvalue weighted by atomic mass is 9.92. The third kappa shape index (κ3) is 3.61. The first kappa shape index (κ1) is 19.3. The number of rotatable bonds is 4. The SMILES string of the molecule is O=S(=O)(c1ccc2c(c1)CCCC2)N1CCN(c2cc(-n3cccc3)ncn2)CC1. The van der Waals surface area contributed by atoms with E-state index in [1.54, 1.807) is 16.7 Å². The van der Waals surface area contributed by atoms with E-state index >= 15 is 0 Å². The Bertz CT molecular complexity index is 1140. The molecule has 0 saturated carbocycles. The van der Waals surface area contributed by atoms with E-state index in [-0.39, 0.29) is 0 Å². The Labute approximate surface area is 177 Å². The van der Waals surface area contributed by atoms with Crippen LogP contribution in [0.4, 0.5) is 5.82 Å². The summed E-state index contributed by atoms with van der Waals surface area (Å²) in [6, 6.07) is 11.5. The molecule has 2 aromatic heterocycles. The smallest absolute Gasteiger partial charge is 0.243 e. The second kappa shape index (κ2) is 7.85. The van der Waals surface area contributed by atoms with Gasteiger partial charge in [-0.15, -0.1) is 0 Å². The Hall–Kier alpha value is -2.71. The lowest BCUT2D eigenvalue weighted by molar-refractivity contribution is 0.383. The number of sulfonamides is 1. The molecular weight excluding hydrogens is 398 g/mol. The quantitative estimate of drug-likeness (QED) is 0.645. The lowest BCUT2D eigenvalue weighted by Crippen LogP contribution is -2.49. The highest BCUT2D eigenvalue weighted by Gasteiger charge is 2.29. The molecule has 8 heteroatoms. The van der Waals surface area contributed by atoms with Crippen molar-refractivity contribution in [3.05, 3.63) is 66.2 Å². The molecule has 1 aromatic carbocycles. The average molecular weight is 424 g/mol. The second-order valence-electron chi connectivity index (χ2n) is 7.85. The van der Waals surface area contributed by atoms with Gasteiger partial charge in [-0.1, -0.05) is 6.07 Å². The van der Waals surface area contributed by atoms with Gasteiger partial charge in [-0.05, 0) is 61.1 Å². The Morgan fingerprint density at radius 1 is 0.800 bits per heavy atom. The molecule has 0 amide bonds. The number of fused-ring (bicyclic) bond motifs is 1. The number of hydrogen-bond donors (Lipinski definition) is 0. The number of aromatic nitrogens is 3. The van der Waals surface area contributed by atoms with Gasteiger partial charge < -0.3 is 9.47 Å². The fourth-order valence-corrected chi connectivity index (χ4v) is 5.79. The predicted octanol–water partition coefficient (Wildman–Crippen LogP) is 2.66. The fraction of sp³-hybridized carbons (Fsp3) is 0.364. The third-order valence-corrected chi connectivity index (χ3v) is 7.92. The summed E-state index contributed by atoms with van der Waals surface area (Å²) in [4.78, 5) is 11.3. The molecule has 5 rings (SSSR count). The monoisotopic (exact) mass is 423 g/mol. The van der Waals surface area contributed by atoms with Crippen molar-refractivity contribution in [1.82, 2.24) is 18.8 Å². The molecule has 0 radical (unpaired) electrons. The fourth-order valence-electron chi connectivity index (χ4n) is 4.32. The van der Waals surface area contributed by atoms with Crippen molar-refractivity contribution >= 4 is 15.8 Å². The maximum Gasteiger partial charge on any atom is 0.243 e. The number of nitrogens with zero attached hydrogens (tertiary/aromatic N) is 5. The van der Waals surface area contributed by atoms with E-state index in [2.05, 4.69) is 14.9 Å². The summed E-state index contributed by atoms with van der Waals surface area (Å²) in [6.45, 7) is 2.10. The summed E-state index contributed by atoms with van der Waals surface area (Å²) in [5, 5.41) is 0. The molecule has 1 saturated heterocycles. The van der Waals surface area contributed by atoms with Gasteiger partial charge in [0.15, 0.2) is 0 Å². The molecule has 156 valence electrons. The van der Waals surface area contributed by atoms with Crippen LogP contribution < -0.4 is 4.90 Å². The van der Waals surface area contributed by atoms with Gasteiger partial charge in [0.2, 0.25) is 10.0 Å². The van der Waals surface area contributed by atoms with Crippen LogP contribution in [0, 0.1) is 0 Å². The molecule has 0 bridgehead atoms. The van der Waals surface area contributed by atoms with Crippen LogP contribution in [0.2, 0.25) is 0 Å². The molecule has 7 nitrogen and oxygen atoms in total. The maximum atomic E-state index is 13.2. The van der Waals surface area contributed by atoms with Crippen LogP contribution in [0.5, 0.6) is 0 Å². The minimum atomic E-state index is -3.47. The minimum Gasteiger partial charge on any atom is -0.354 e. The van der Waals surface area contributed by atoms with Crippen LogP contribution >= 0.6 is 0 Å². The van der Waals surface area contributed by atoms with E-state index in [0.29, 0.717) is 31.1 Å². The first-order valence-corrected chi connectivity index (χ1v) is 11.9. The Morgan fingerprint density at radius 3 is 2.27 bits per heavy atom. The van der Waals surface area contributed by atoms with Crippen LogP contribution in [0.15, 0.2) is 60.0 Å². The van der Waals surface area contributed by atoms with Gasteiger partial charge >= 0.3 is 0 Å². The van der Waals surface area contributed by atoms with Gasteiger partial charge in [0.25, 0.3) is 0 Å². The zero-order valence-corrected chi connectivity index (χ0v) is 17.6. The highest BCUT2D eigenvalue weighted by Crippen LogP contribution is 2.26. The standard InChI is InChI=1S/C22H25N5O2S/c28-30(29,20-8-7-18-5-1-2-6-19(18)15-20)27-13-11-26(12-14-27)22-16-21(23-17-24-22)25-9-3-4-10-25/h3-4,7-10,15-17H,1-2,5-6,11-14H2. The van der Waals surface area contributed by atoms with E-state index in [4.69, 9.17) is 0 Å². The van der Waals surface area contributed by atoms with Crippen LogP contribution in [0.25, 0.3) is 5.82 Å². The summed E-state index contributed by atoms with van der Waals surface area (Å²) < 4.78 is 29.9. The molecule has 2 aliphatic rings. The van der Waals surface area contributed by atoms with Crippen molar-refractivity contribution in [2.75, 3.05) is 31.1 Å². The highest BCUT2D eigenvalue weighted by atomic mass is 32.2. The van der Waals surface area contributed by atoms with Gasteiger partial charge in [-0.25, -0.2) is 18.4 Å². The Kier molecular flexibility index (Phi) is 5.04. The summed E-state index contributed by atoms with van der Waals surface area (Å²) in [7, 11) is -3.47. The number of hydrogen-bond acceptors (Lipinski definition) is 5. The van der Waals surface area contributed by atoms with Crippen molar-refractivity contribution in [3.8, 4) is 5.82 Å². The molecule has 0 unspecified atom stereocenters. The predicted molar refractivity (Wildman–Crippen MR) is 115 cm³/mol. The topological polar surface area (TPSA) is 71.3 Å². The van der Waals surface area contributed by atoms with Crippen molar-refractivity contribution < 1.29 is 8.42 Å². The first-order chi connectivity index (χ1) is 14.6. The Morgan fingerprint density at radius 2 is 1.50 bits per heavy atom. The maximum absolute atomic E-state index is 13.2. The minimum absolute atomic E-state index is 0.425. The van der Waals surface area contributed by atoms with Crippen molar-refractivity contribution in [2.45, 2.75) is 30.6 Å². The summed E-state index contributed by atoms with van der Waals surface area (Å²) in [6.07, 6.45) is 9.79. The molecular formula is C22H25N5O2S. The van der Waals surface area contributed by atoms with Crippen molar-refractivity contribution in [3.63, 3.8) is 0 Å². The van der Waals surface area contributed by atoms with E-state index in [9.17, 15) is 8.42 Å². The molecule has 30 heavy (non-hydrogen) atoms. The van der Waals surface area contributed by atoms with E-state index in [1.165, 1.54) is 17.5 Å². The summed E-state index contributed by atoms with van der Waals surface area (Å²) in [5.74, 6) is 1.62. The van der Waals surface area contributed by atoms with Crippen LogP contribution in [-0.4, -0.2) is 53.4 Å². The first-order valence-electron chi connectivity index (χ1n) is 10.4. The zero-order chi connectivity index (χ0) is 20.6. The number of piperazine rings is 1. The van der Waals surface area contributed by atoms with Gasteiger partial charge in [0.05, 0.1) is 4.90 Å². The molecule has 3 aromatic rings. The average Bonchev–Trinajstić information content (AvgIpc) is 3.34. The van der Waals surface area contributed by atoms with E-state index < -0.39 is 10.0 Å². The van der Waals surface area contributed by atoms with Crippen LogP contribution in [-0.2, 0) is 22.9 Å². The zero-order valence-electron chi connectivity index (χ0n) is 16.8. The van der Waals surface area contributed by atoms with Crippen molar-refractivity contribution in [2.24, 2.45) is 0 Å². The normalized spacial score (nSPS) is 17.7. The van der Waals surface area contributed by atoms with Gasteiger partial charge in [-0.2, -0.15) is 4.31 Å². The lowest BCUT2D eigenvalue weighted by Gasteiger charge is -2.34. The molecule has 0 N–H and O–H groups in total. The molecule has 3 heterocycles. The second-order valence-corrected chi connectivity index (χ2v) is 9.79. The third-order valence-electron chi connectivity index (χ3n) is 6.03. The number of anilines is 1. The summed E-state index contributed by atoms with van der Waals surface area (Å²) in [5.41, 5.74) is 2.49. The van der Waals surface area contributed by atoms with Gasteiger partial charge in [-0.3, -0.25) is 0 Å². The largest absolute Gasteiger partial charge is 0.354 e. The Balaban J connectivity index is 1.30. The van der Waals surface area contributed by atoms with Gasteiger partial charge in [0.1, 0.15) is 18.0 Å². The highest BCUT2D eigenvalue weighted by molar-refractivity contribution is 7.89. The number of aryl methyl sites for hydroxylation is 2.